The van der Waals surface area contributed by atoms with Crippen molar-refractivity contribution in [2.75, 3.05) is 0 Å². The van der Waals surface area contributed by atoms with Crippen LogP contribution in [0, 0.1) is 13.8 Å². The molecule has 0 aliphatic carbocycles. The fourth-order valence-corrected chi connectivity index (χ4v) is 3.68. The number of aryl methyl sites for hydroxylation is 5. The quantitative estimate of drug-likeness (QED) is 0.686. The van der Waals surface area contributed by atoms with Gasteiger partial charge >= 0.3 is 0 Å². The fraction of sp³-hybridized carbons (Fsp3) is 0.421. The van der Waals surface area contributed by atoms with E-state index >= 15 is 0 Å². The molecule has 0 bridgehead atoms. The maximum Gasteiger partial charge on any atom is 0.203 e. The Kier molecular flexibility index (Phi) is 5.00. The van der Waals surface area contributed by atoms with E-state index in [9.17, 15) is 4.79 Å². The fourth-order valence-electron chi connectivity index (χ4n) is 2.70. The molecule has 0 fully saturated rings. The zero-order valence-electron chi connectivity index (χ0n) is 13.7. The topological polar surface area (TPSA) is 17.1 Å². The summed E-state index contributed by atoms with van der Waals surface area (Å²) in [5, 5.41) is 0. The summed E-state index contributed by atoms with van der Waals surface area (Å²) < 4.78 is 0. The van der Waals surface area contributed by atoms with Crippen LogP contribution in [0.25, 0.3) is 0 Å². The van der Waals surface area contributed by atoms with Crippen molar-refractivity contribution in [3.05, 3.63) is 55.8 Å². The lowest BCUT2D eigenvalue weighted by atomic mass is 9.90. The highest BCUT2D eigenvalue weighted by atomic mass is 32.1. The molecule has 0 saturated carbocycles. The average Bonchev–Trinajstić information content (AvgIpc) is 2.84. The first kappa shape index (κ1) is 16.0. The summed E-state index contributed by atoms with van der Waals surface area (Å²) in [4.78, 5) is 15.1. The van der Waals surface area contributed by atoms with Gasteiger partial charge in [0, 0.05) is 10.4 Å². The van der Waals surface area contributed by atoms with Gasteiger partial charge in [0.1, 0.15) is 0 Å². The highest BCUT2D eigenvalue weighted by molar-refractivity contribution is 7.14. The van der Waals surface area contributed by atoms with Crippen molar-refractivity contribution in [2.24, 2.45) is 0 Å². The van der Waals surface area contributed by atoms with Crippen molar-refractivity contribution in [2.45, 2.75) is 53.9 Å². The number of rotatable bonds is 5. The molecule has 0 N–H and O–H groups in total. The lowest BCUT2D eigenvalue weighted by molar-refractivity contribution is 0.104. The van der Waals surface area contributed by atoms with Gasteiger partial charge in [0.15, 0.2) is 0 Å². The van der Waals surface area contributed by atoms with Gasteiger partial charge in [-0.25, -0.2) is 0 Å². The number of carbonyl (C=O) groups is 1. The molecule has 112 valence electrons. The van der Waals surface area contributed by atoms with Crippen molar-refractivity contribution < 1.29 is 4.79 Å². The Bertz CT molecular complexity index is 620. The van der Waals surface area contributed by atoms with Crippen LogP contribution in [0.2, 0.25) is 0 Å². The molecule has 2 heteroatoms. The summed E-state index contributed by atoms with van der Waals surface area (Å²) in [6, 6.07) is 6.45. The number of benzene rings is 1. The molecule has 2 aromatic rings. The van der Waals surface area contributed by atoms with E-state index in [0.29, 0.717) is 0 Å². The van der Waals surface area contributed by atoms with Crippen LogP contribution in [0.1, 0.15) is 63.1 Å². The molecular weight excluding hydrogens is 276 g/mol. The van der Waals surface area contributed by atoms with Crippen molar-refractivity contribution in [1.29, 1.82) is 0 Å². The third-order valence-corrected chi connectivity index (χ3v) is 5.30. The molecule has 0 radical (unpaired) electrons. The molecule has 1 aromatic carbocycles. The molecular formula is C19H24OS. The molecule has 0 atom stereocenters. The van der Waals surface area contributed by atoms with Gasteiger partial charge in [0.05, 0.1) is 4.88 Å². The van der Waals surface area contributed by atoms with E-state index in [1.54, 1.807) is 11.3 Å². The van der Waals surface area contributed by atoms with E-state index in [1.165, 1.54) is 27.1 Å². The van der Waals surface area contributed by atoms with Gasteiger partial charge in [-0.15, -0.1) is 11.3 Å². The molecule has 1 heterocycles. The Balaban J connectivity index is 2.58. The van der Waals surface area contributed by atoms with Gasteiger partial charge in [0.2, 0.25) is 5.78 Å². The highest BCUT2D eigenvalue weighted by Gasteiger charge is 2.19. The van der Waals surface area contributed by atoms with Crippen molar-refractivity contribution in [3.63, 3.8) is 0 Å². The van der Waals surface area contributed by atoms with Crippen molar-refractivity contribution >= 4 is 17.1 Å². The number of hydrogen-bond donors (Lipinski definition) is 0. The Morgan fingerprint density at radius 3 is 1.90 bits per heavy atom. The summed E-state index contributed by atoms with van der Waals surface area (Å²) in [7, 11) is 0. The highest BCUT2D eigenvalue weighted by Crippen LogP contribution is 2.28. The van der Waals surface area contributed by atoms with Crippen LogP contribution in [0.5, 0.6) is 0 Å². The molecule has 21 heavy (non-hydrogen) atoms. The monoisotopic (exact) mass is 300 g/mol. The molecule has 1 nitrogen and oxygen atoms in total. The first-order valence-electron chi connectivity index (χ1n) is 7.78. The normalized spacial score (nSPS) is 10.9. The Hall–Kier alpha value is -1.41. The predicted octanol–water partition coefficient (Wildman–Crippen LogP) is 5.28. The average molecular weight is 300 g/mol. The van der Waals surface area contributed by atoms with E-state index in [2.05, 4.69) is 46.8 Å². The third kappa shape index (κ3) is 3.11. The standard InChI is InChI=1S/C19H24OS/c1-6-14-10-15(7-2)18(16(8-3)11-14)19(20)17-9-12(4)13(5)21-17/h9-11H,6-8H2,1-5H3. The molecule has 0 aliphatic heterocycles. The van der Waals surface area contributed by atoms with Gasteiger partial charge in [-0.3, -0.25) is 4.79 Å². The Labute approximate surface area is 132 Å². The lowest BCUT2D eigenvalue weighted by Gasteiger charge is -2.14. The smallest absolute Gasteiger partial charge is 0.203 e. The first-order valence-corrected chi connectivity index (χ1v) is 8.59. The molecule has 1 aromatic heterocycles. The van der Waals surface area contributed by atoms with E-state index < -0.39 is 0 Å². The van der Waals surface area contributed by atoms with Crippen LogP contribution < -0.4 is 0 Å². The maximum atomic E-state index is 13.0. The minimum absolute atomic E-state index is 0.201. The maximum absolute atomic E-state index is 13.0. The lowest BCUT2D eigenvalue weighted by Crippen LogP contribution is -2.09. The van der Waals surface area contributed by atoms with E-state index in [4.69, 9.17) is 0 Å². The molecule has 0 spiro atoms. The molecule has 0 saturated heterocycles. The summed E-state index contributed by atoms with van der Waals surface area (Å²) in [6.07, 6.45) is 2.84. The zero-order chi connectivity index (χ0) is 15.6. The number of carbonyl (C=O) groups excluding carboxylic acids is 1. The van der Waals surface area contributed by atoms with Crippen LogP contribution in [0.4, 0.5) is 0 Å². The largest absolute Gasteiger partial charge is 0.288 e. The second-order valence-electron chi connectivity index (χ2n) is 5.53. The number of ketones is 1. The van der Waals surface area contributed by atoms with Gasteiger partial charge in [0.25, 0.3) is 0 Å². The Morgan fingerprint density at radius 1 is 0.952 bits per heavy atom. The minimum Gasteiger partial charge on any atom is -0.288 e. The van der Waals surface area contributed by atoms with E-state index in [-0.39, 0.29) is 5.78 Å². The predicted molar refractivity (Wildman–Crippen MR) is 91.8 cm³/mol. The minimum atomic E-state index is 0.201. The zero-order valence-corrected chi connectivity index (χ0v) is 14.5. The van der Waals surface area contributed by atoms with Crippen LogP contribution in [-0.2, 0) is 19.3 Å². The van der Waals surface area contributed by atoms with E-state index in [0.717, 1.165) is 29.7 Å². The second kappa shape index (κ2) is 6.57. The summed E-state index contributed by atoms with van der Waals surface area (Å²) in [6.45, 7) is 10.6. The van der Waals surface area contributed by atoms with Crippen LogP contribution in [-0.4, -0.2) is 5.78 Å². The van der Waals surface area contributed by atoms with E-state index in [1.807, 2.05) is 6.07 Å². The van der Waals surface area contributed by atoms with Crippen LogP contribution in [0.15, 0.2) is 18.2 Å². The van der Waals surface area contributed by atoms with Crippen LogP contribution in [0.3, 0.4) is 0 Å². The number of hydrogen-bond acceptors (Lipinski definition) is 2. The van der Waals surface area contributed by atoms with Gasteiger partial charge in [-0.2, -0.15) is 0 Å². The van der Waals surface area contributed by atoms with Gasteiger partial charge in [-0.05, 0) is 61.4 Å². The molecule has 0 aliphatic rings. The third-order valence-electron chi connectivity index (χ3n) is 4.15. The van der Waals surface area contributed by atoms with Crippen molar-refractivity contribution in [3.8, 4) is 0 Å². The van der Waals surface area contributed by atoms with Gasteiger partial charge in [-0.1, -0.05) is 32.9 Å². The summed E-state index contributed by atoms with van der Waals surface area (Å²) in [5.74, 6) is 0.201. The molecule has 2 rings (SSSR count). The van der Waals surface area contributed by atoms with Crippen molar-refractivity contribution in [1.82, 2.24) is 0 Å². The first-order chi connectivity index (χ1) is 10.0. The molecule has 0 unspecified atom stereocenters. The SMILES string of the molecule is CCc1cc(CC)c(C(=O)c2cc(C)c(C)s2)c(CC)c1. The van der Waals surface area contributed by atoms with Crippen LogP contribution >= 0.6 is 11.3 Å². The van der Waals surface area contributed by atoms with Gasteiger partial charge < -0.3 is 0 Å². The Morgan fingerprint density at radius 2 is 1.52 bits per heavy atom. The summed E-state index contributed by atoms with van der Waals surface area (Å²) in [5.41, 5.74) is 5.88. The second-order valence-corrected chi connectivity index (χ2v) is 6.79. The summed E-state index contributed by atoms with van der Waals surface area (Å²) >= 11 is 1.62. The molecule has 0 amide bonds. The number of thiophene rings is 1.